The summed E-state index contributed by atoms with van der Waals surface area (Å²) in [5.74, 6) is 2.32. The average molecular weight is 618 g/mol. The number of nitrogens with one attached hydrogen (secondary N) is 1. The minimum absolute atomic E-state index is 0.00460. The van der Waals surface area contributed by atoms with Gasteiger partial charge in [-0.1, -0.05) is 6.07 Å². The van der Waals surface area contributed by atoms with Crippen molar-refractivity contribution in [3.05, 3.63) is 59.7 Å². The Kier molecular flexibility index (Phi) is 6.68. The highest BCUT2D eigenvalue weighted by molar-refractivity contribution is 6.00. The first kappa shape index (κ1) is 28.8. The maximum atomic E-state index is 13.7. The first-order chi connectivity index (χ1) is 22.2. The highest BCUT2D eigenvalue weighted by Crippen LogP contribution is 2.40. The summed E-state index contributed by atoms with van der Waals surface area (Å²) in [6, 6.07) is 16.2. The SMILES string of the molecule is COc1cc(C(=O)N2CC3CCC2C3N)cc2nc(-c3cc4ccc(-c5ccc(NC(C)=O)cc5C)nc4n3CC3CC3)n(C)c12. The maximum Gasteiger partial charge on any atom is 0.254 e. The number of rotatable bonds is 7. The average Bonchev–Trinajstić information content (AvgIpc) is 3.44. The Morgan fingerprint density at radius 1 is 1.04 bits per heavy atom. The number of benzene rings is 2. The van der Waals surface area contributed by atoms with Gasteiger partial charge in [-0.25, -0.2) is 9.97 Å². The molecular formula is C36H39N7O3. The van der Waals surface area contributed by atoms with E-state index in [9.17, 15) is 9.59 Å². The second-order valence-corrected chi connectivity index (χ2v) is 13.4. The van der Waals surface area contributed by atoms with E-state index in [2.05, 4.69) is 32.7 Å². The second-order valence-electron chi connectivity index (χ2n) is 13.4. The third-order valence-electron chi connectivity index (χ3n) is 10.2. The van der Waals surface area contributed by atoms with Crippen LogP contribution in [0.4, 0.5) is 5.69 Å². The molecule has 3 unspecified atom stereocenters. The quantitative estimate of drug-likeness (QED) is 0.249. The molecule has 236 valence electrons. The van der Waals surface area contributed by atoms with Gasteiger partial charge in [0.15, 0.2) is 5.82 Å². The molecule has 2 aliphatic carbocycles. The lowest BCUT2D eigenvalue weighted by Crippen LogP contribution is -2.41. The van der Waals surface area contributed by atoms with Crippen molar-refractivity contribution in [1.29, 1.82) is 0 Å². The molecule has 2 aromatic carbocycles. The molecule has 2 saturated carbocycles. The number of pyridine rings is 1. The predicted octanol–water partition coefficient (Wildman–Crippen LogP) is 5.50. The molecule has 0 radical (unpaired) electrons. The molecular weight excluding hydrogens is 578 g/mol. The van der Waals surface area contributed by atoms with Crippen molar-refractivity contribution < 1.29 is 14.3 Å². The van der Waals surface area contributed by atoms with Gasteiger partial charge < -0.3 is 29.8 Å². The number of nitrogens with two attached hydrogens (primary N) is 1. The molecule has 5 aromatic rings. The van der Waals surface area contributed by atoms with Gasteiger partial charge in [0, 0.05) is 61.3 Å². The normalized spacial score (nSPS) is 20.6. The number of carbonyl (C=O) groups excluding carboxylic acids is 2. The number of methoxy groups -OCH3 is 1. The van der Waals surface area contributed by atoms with Crippen LogP contribution in [-0.2, 0) is 18.4 Å². The summed E-state index contributed by atoms with van der Waals surface area (Å²) in [6.07, 6.45) is 4.46. The molecule has 4 heterocycles. The van der Waals surface area contributed by atoms with Crippen molar-refractivity contribution in [2.75, 3.05) is 19.0 Å². The molecule has 3 aromatic heterocycles. The number of aryl methyl sites for hydroxylation is 2. The van der Waals surface area contributed by atoms with Crippen LogP contribution in [0.25, 0.3) is 44.8 Å². The van der Waals surface area contributed by atoms with Gasteiger partial charge in [0.25, 0.3) is 5.91 Å². The minimum Gasteiger partial charge on any atom is -0.494 e. The van der Waals surface area contributed by atoms with E-state index in [0.29, 0.717) is 29.7 Å². The standard InChI is InChI=1S/C36H39N7O3/c1-19-13-25(38-20(2)44)9-10-26(19)27-11-7-22-15-30(42(34(22)39-27)17-21-5-6-21)35-40-28-14-24(16-31(46-4)33(28)41(35)3)36(45)43-18-23-8-12-29(43)32(23)37/h7,9-11,13-16,21,23,29,32H,5-6,8,12,17-18,37H2,1-4H3,(H,38,44). The van der Waals surface area contributed by atoms with Crippen LogP contribution >= 0.6 is 0 Å². The van der Waals surface area contributed by atoms with Crippen LogP contribution in [0.5, 0.6) is 5.75 Å². The fourth-order valence-corrected chi connectivity index (χ4v) is 7.70. The van der Waals surface area contributed by atoms with E-state index >= 15 is 0 Å². The van der Waals surface area contributed by atoms with E-state index in [-0.39, 0.29) is 23.9 Å². The van der Waals surface area contributed by atoms with Crippen molar-refractivity contribution in [3.63, 3.8) is 0 Å². The minimum atomic E-state index is -0.0948. The summed E-state index contributed by atoms with van der Waals surface area (Å²) in [4.78, 5) is 37.6. The first-order valence-electron chi connectivity index (χ1n) is 16.2. The van der Waals surface area contributed by atoms with Crippen molar-refractivity contribution in [1.82, 2.24) is 24.0 Å². The number of nitrogens with zero attached hydrogens (tertiary/aromatic N) is 5. The predicted molar refractivity (Wildman–Crippen MR) is 179 cm³/mol. The number of carbonyl (C=O) groups is 2. The van der Waals surface area contributed by atoms with Gasteiger partial charge >= 0.3 is 0 Å². The zero-order chi connectivity index (χ0) is 31.9. The number of hydrogen-bond acceptors (Lipinski definition) is 6. The lowest BCUT2D eigenvalue weighted by Gasteiger charge is -2.27. The van der Waals surface area contributed by atoms with Crippen LogP contribution < -0.4 is 15.8 Å². The van der Waals surface area contributed by atoms with Crippen LogP contribution in [-0.4, -0.2) is 61.6 Å². The van der Waals surface area contributed by atoms with Gasteiger partial charge in [-0.3, -0.25) is 9.59 Å². The summed E-state index contributed by atoms with van der Waals surface area (Å²) >= 11 is 0. The van der Waals surface area contributed by atoms with E-state index in [1.54, 1.807) is 7.11 Å². The van der Waals surface area contributed by atoms with Crippen LogP contribution in [0.3, 0.4) is 0 Å². The van der Waals surface area contributed by atoms with Crippen LogP contribution in [0.2, 0.25) is 0 Å². The Hall–Kier alpha value is -4.70. The molecule has 2 amide bonds. The summed E-state index contributed by atoms with van der Waals surface area (Å²) in [5, 5.41) is 3.91. The van der Waals surface area contributed by atoms with Gasteiger partial charge in [0.2, 0.25) is 5.91 Å². The van der Waals surface area contributed by atoms with Gasteiger partial charge in [-0.15, -0.1) is 0 Å². The van der Waals surface area contributed by atoms with Crippen molar-refractivity contribution in [2.24, 2.45) is 24.6 Å². The number of ether oxygens (including phenoxy) is 1. The lowest BCUT2D eigenvalue weighted by molar-refractivity contribution is -0.114. The highest BCUT2D eigenvalue weighted by Gasteiger charge is 2.47. The monoisotopic (exact) mass is 617 g/mol. The van der Waals surface area contributed by atoms with Gasteiger partial charge in [-0.2, -0.15) is 0 Å². The molecule has 10 heteroatoms. The number of likely N-dealkylation sites (tertiary alicyclic amines) is 1. The zero-order valence-corrected chi connectivity index (χ0v) is 26.7. The van der Waals surface area contributed by atoms with E-state index < -0.39 is 0 Å². The summed E-state index contributed by atoms with van der Waals surface area (Å²) in [6.45, 7) is 5.12. The number of amides is 2. The van der Waals surface area contributed by atoms with Crippen molar-refractivity contribution >= 4 is 39.6 Å². The topological polar surface area (TPSA) is 120 Å². The number of imidazole rings is 1. The van der Waals surface area contributed by atoms with Crippen molar-refractivity contribution in [2.45, 2.75) is 58.2 Å². The number of aromatic nitrogens is 4. The van der Waals surface area contributed by atoms with Gasteiger partial charge in [0.05, 0.1) is 24.0 Å². The highest BCUT2D eigenvalue weighted by atomic mass is 16.5. The second kappa shape index (κ2) is 10.7. The largest absolute Gasteiger partial charge is 0.494 e. The molecule has 1 saturated heterocycles. The first-order valence-corrected chi connectivity index (χ1v) is 16.2. The fraction of sp³-hybridized carbons (Fsp3) is 0.389. The Bertz CT molecular complexity index is 2060. The number of hydrogen-bond donors (Lipinski definition) is 2. The van der Waals surface area contributed by atoms with Crippen LogP contribution in [0.1, 0.15) is 48.5 Å². The molecule has 3 atom stereocenters. The van der Waals surface area contributed by atoms with E-state index in [4.69, 9.17) is 20.4 Å². The summed E-state index contributed by atoms with van der Waals surface area (Å²) in [7, 11) is 3.65. The van der Waals surface area contributed by atoms with Crippen LogP contribution in [0.15, 0.2) is 48.5 Å². The molecule has 1 aliphatic heterocycles. The third-order valence-corrected chi connectivity index (χ3v) is 10.2. The number of piperidine rings is 1. The van der Waals surface area contributed by atoms with E-state index in [1.165, 1.54) is 19.8 Å². The Morgan fingerprint density at radius 2 is 1.87 bits per heavy atom. The van der Waals surface area contributed by atoms with Gasteiger partial charge in [-0.05, 0) is 92.5 Å². The van der Waals surface area contributed by atoms with E-state index in [1.807, 2.05) is 49.2 Å². The Labute approximate surface area is 267 Å². The number of fused-ring (bicyclic) bond motifs is 4. The zero-order valence-electron chi connectivity index (χ0n) is 26.7. The maximum absolute atomic E-state index is 13.7. The third kappa shape index (κ3) is 4.65. The van der Waals surface area contributed by atoms with Crippen molar-refractivity contribution in [3.8, 4) is 28.5 Å². The Morgan fingerprint density at radius 3 is 2.54 bits per heavy atom. The smallest absolute Gasteiger partial charge is 0.254 e. The molecule has 3 aliphatic rings. The molecule has 3 N–H and O–H groups in total. The van der Waals surface area contributed by atoms with Crippen LogP contribution in [0, 0.1) is 18.8 Å². The fourth-order valence-electron chi connectivity index (χ4n) is 7.70. The number of anilines is 1. The summed E-state index contributed by atoms with van der Waals surface area (Å²) in [5.41, 5.74) is 14.2. The molecule has 8 rings (SSSR count). The molecule has 46 heavy (non-hydrogen) atoms. The Balaban J connectivity index is 1.21. The molecule has 3 fully saturated rings. The molecule has 10 nitrogen and oxygen atoms in total. The van der Waals surface area contributed by atoms with Gasteiger partial charge in [0.1, 0.15) is 16.9 Å². The molecule has 2 bridgehead atoms. The molecule has 0 spiro atoms. The van der Waals surface area contributed by atoms with E-state index in [0.717, 1.165) is 75.5 Å². The summed E-state index contributed by atoms with van der Waals surface area (Å²) < 4.78 is 10.2. The lowest BCUT2D eigenvalue weighted by atomic mass is 10.0.